The van der Waals surface area contributed by atoms with Crippen molar-refractivity contribution >= 4 is 29.6 Å². The monoisotopic (exact) mass is 546 g/mol. The van der Waals surface area contributed by atoms with Gasteiger partial charge in [-0.1, -0.05) is 78.1 Å². The Kier molecular flexibility index (Phi) is 7.34. The summed E-state index contributed by atoms with van der Waals surface area (Å²) in [5.41, 5.74) is 6.64. The molecule has 6 rings (SSSR count). The maximum Gasteiger partial charge on any atom is 0.271 e. The summed E-state index contributed by atoms with van der Waals surface area (Å²) in [5, 5.41) is 0. The summed E-state index contributed by atoms with van der Waals surface area (Å²) in [6, 6.07) is 26.0. The SMILES string of the molecule is COc1ccc(/C=C2/CCCC3=C2N=c2sc(=C/C=C\c4ccccc4)c(=O)n2[C@@H]3c2ccc(OC)cc2)cc1. The molecule has 40 heavy (non-hydrogen) atoms. The predicted molar refractivity (Wildman–Crippen MR) is 162 cm³/mol. The fourth-order valence-electron chi connectivity index (χ4n) is 5.37. The Bertz CT molecular complexity index is 1790. The second kappa shape index (κ2) is 11.4. The van der Waals surface area contributed by atoms with Crippen molar-refractivity contribution in [2.45, 2.75) is 25.3 Å². The summed E-state index contributed by atoms with van der Waals surface area (Å²) in [6.07, 6.45) is 10.9. The van der Waals surface area contributed by atoms with Gasteiger partial charge < -0.3 is 9.47 Å². The number of ether oxygens (including phenoxy) is 2. The van der Waals surface area contributed by atoms with Gasteiger partial charge in [-0.25, -0.2) is 4.99 Å². The molecule has 1 atom stereocenters. The van der Waals surface area contributed by atoms with Crippen LogP contribution in [-0.2, 0) is 0 Å². The fraction of sp³-hybridized carbons (Fsp3) is 0.176. The van der Waals surface area contributed by atoms with Crippen molar-refractivity contribution in [1.82, 2.24) is 4.57 Å². The molecule has 2 aliphatic rings. The van der Waals surface area contributed by atoms with Crippen LogP contribution >= 0.6 is 11.3 Å². The van der Waals surface area contributed by atoms with Gasteiger partial charge in [-0.2, -0.15) is 0 Å². The van der Waals surface area contributed by atoms with Gasteiger partial charge in [0.25, 0.3) is 5.56 Å². The topological polar surface area (TPSA) is 52.8 Å². The summed E-state index contributed by atoms with van der Waals surface area (Å²) in [6.45, 7) is 0. The molecule has 0 fully saturated rings. The minimum atomic E-state index is -0.211. The zero-order valence-corrected chi connectivity index (χ0v) is 23.4. The van der Waals surface area contributed by atoms with Crippen molar-refractivity contribution in [1.29, 1.82) is 0 Å². The fourth-order valence-corrected chi connectivity index (χ4v) is 6.32. The van der Waals surface area contributed by atoms with Crippen LogP contribution in [0.3, 0.4) is 0 Å². The average molecular weight is 547 g/mol. The van der Waals surface area contributed by atoms with Crippen LogP contribution in [-0.4, -0.2) is 18.8 Å². The van der Waals surface area contributed by atoms with Crippen molar-refractivity contribution in [3.05, 3.63) is 138 Å². The maximum absolute atomic E-state index is 13.8. The normalized spacial score (nSPS) is 18.0. The van der Waals surface area contributed by atoms with E-state index in [0.717, 1.165) is 58.0 Å². The number of benzene rings is 3. The predicted octanol–water partition coefficient (Wildman–Crippen LogP) is 6.17. The van der Waals surface area contributed by atoms with Crippen LogP contribution in [0.2, 0.25) is 0 Å². The third-order valence-corrected chi connectivity index (χ3v) is 8.36. The summed E-state index contributed by atoms with van der Waals surface area (Å²) < 4.78 is 13.3. The highest BCUT2D eigenvalue weighted by Crippen LogP contribution is 2.41. The van der Waals surface area contributed by atoms with E-state index in [9.17, 15) is 4.79 Å². The summed E-state index contributed by atoms with van der Waals surface area (Å²) in [7, 11) is 3.34. The van der Waals surface area contributed by atoms with Gasteiger partial charge in [0.15, 0.2) is 4.80 Å². The molecule has 0 unspecified atom stereocenters. The maximum atomic E-state index is 13.8. The Morgan fingerprint density at radius 2 is 1.57 bits per heavy atom. The molecule has 0 radical (unpaired) electrons. The first-order valence-corrected chi connectivity index (χ1v) is 14.2. The Hall–Kier alpha value is -4.42. The largest absolute Gasteiger partial charge is 0.497 e. The first kappa shape index (κ1) is 25.8. The first-order chi connectivity index (χ1) is 19.6. The number of fused-ring (bicyclic) bond motifs is 1. The van der Waals surface area contributed by atoms with Crippen molar-refractivity contribution in [3.8, 4) is 11.5 Å². The van der Waals surface area contributed by atoms with Crippen molar-refractivity contribution in [2.24, 2.45) is 4.99 Å². The van der Waals surface area contributed by atoms with E-state index < -0.39 is 0 Å². The number of hydrogen-bond donors (Lipinski definition) is 0. The Morgan fingerprint density at radius 3 is 2.27 bits per heavy atom. The van der Waals surface area contributed by atoms with Gasteiger partial charge in [-0.15, -0.1) is 0 Å². The molecule has 1 aliphatic carbocycles. The van der Waals surface area contributed by atoms with E-state index in [4.69, 9.17) is 14.5 Å². The summed E-state index contributed by atoms with van der Waals surface area (Å²) in [4.78, 5) is 19.7. The lowest BCUT2D eigenvalue weighted by molar-refractivity contribution is 0.414. The van der Waals surface area contributed by atoms with E-state index in [-0.39, 0.29) is 11.6 Å². The molecule has 1 aromatic heterocycles. The standard InChI is InChI=1S/C34H30N2O3S/c1-38-27-18-14-24(15-19-27)22-26-11-7-12-29-31(26)35-34-36(32(29)25-16-20-28(39-2)21-17-25)33(37)30(40-34)13-6-10-23-8-4-3-5-9-23/h3-6,8-10,13-22,32H,7,11-12H2,1-2H3/b10-6-,26-22-,30-13?/t32-/m1/s1. The number of thiazole rings is 1. The second-order valence-corrected chi connectivity index (χ2v) is 10.8. The molecule has 0 amide bonds. The molecule has 0 spiro atoms. The van der Waals surface area contributed by atoms with Gasteiger partial charge >= 0.3 is 0 Å². The molecule has 0 saturated heterocycles. The molecule has 2 heterocycles. The number of rotatable bonds is 6. The molecular weight excluding hydrogens is 516 g/mol. The van der Waals surface area contributed by atoms with Gasteiger partial charge in [-0.3, -0.25) is 9.36 Å². The van der Waals surface area contributed by atoms with Crippen LogP contribution in [0.4, 0.5) is 0 Å². The minimum absolute atomic E-state index is 0.0138. The highest BCUT2D eigenvalue weighted by atomic mass is 32.1. The molecule has 0 bridgehead atoms. The van der Waals surface area contributed by atoms with E-state index in [2.05, 4.69) is 30.3 Å². The Morgan fingerprint density at radius 1 is 0.875 bits per heavy atom. The highest BCUT2D eigenvalue weighted by molar-refractivity contribution is 7.07. The molecule has 0 N–H and O–H groups in total. The van der Waals surface area contributed by atoms with Gasteiger partial charge in [0, 0.05) is 0 Å². The van der Waals surface area contributed by atoms with Crippen LogP contribution in [0.25, 0.3) is 18.2 Å². The molecular formula is C34H30N2O3S. The van der Waals surface area contributed by atoms with Crippen LogP contribution < -0.4 is 24.4 Å². The molecule has 3 aromatic carbocycles. The average Bonchev–Trinajstić information content (AvgIpc) is 3.32. The molecule has 1 aliphatic heterocycles. The second-order valence-electron chi connectivity index (χ2n) is 9.82. The lowest BCUT2D eigenvalue weighted by Crippen LogP contribution is -2.38. The molecule has 0 saturated carbocycles. The third-order valence-electron chi connectivity index (χ3n) is 7.36. The summed E-state index contributed by atoms with van der Waals surface area (Å²) >= 11 is 1.45. The van der Waals surface area contributed by atoms with E-state index in [1.54, 1.807) is 14.2 Å². The van der Waals surface area contributed by atoms with E-state index >= 15 is 0 Å². The molecule has 200 valence electrons. The Labute approximate surface area is 237 Å². The molecule has 5 nitrogen and oxygen atoms in total. The van der Waals surface area contributed by atoms with Crippen LogP contribution in [0.15, 0.2) is 112 Å². The smallest absolute Gasteiger partial charge is 0.271 e. The van der Waals surface area contributed by atoms with Crippen LogP contribution in [0.1, 0.15) is 42.0 Å². The van der Waals surface area contributed by atoms with Crippen LogP contribution in [0.5, 0.6) is 11.5 Å². The third kappa shape index (κ3) is 5.10. The van der Waals surface area contributed by atoms with Crippen LogP contribution in [0, 0.1) is 0 Å². The van der Waals surface area contributed by atoms with Gasteiger partial charge in [0.05, 0.1) is 30.5 Å². The Balaban J connectivity index is 1.49. The zero-order chi connectivity index (χ0) is 27.5. The van der Waals surface area contributed by atoms with Crippen molar-refractivity contribution in [3.63, 3.8) is 0 Å². The first-order valence-electron chi connectivity index (χ1n) is 13.4. The van der Waals surface area contributed by atoms with E-state index in [1.807, 2.05) is 77.4 Å². The van der Waals surface area contributed by atoms with E-state index in [0.29, 0.717) is 4.53 Å². The number of allylic oxidation sites excluding steroid dienone is 3. The lowest BCUT2D eigenvalue weighted by atomic mass is 9.84. The van der Waals surface area contributed by atoms with Gasteiger partial charge in [0.2, 0.25) is 0 Å². The zero-order valence-electron chi connectivity index (χ0n) is 22.5. The molecule has 6 heteroatoms. The summed E-state index contributed by atoms with van der Waals surface area (Å²) in [5.74, 6) is 1.63. The minimum Gasteiger partial charge on any atom is -0.497 e. The molecule has 4 aromatic rings. The number of nitrogens with zero attached hydrogens (tertiary/aromatic N) is 2. The lowest BCUT2D eigenvalue weighted by Gasteiger charge is -2.31. The highest BCUT2D eigenvalue weighted by Gasteiger charge is 2.32. The van der Waals surface area contributed by atoms with E-state index in [1.165, 1.54) is 22.5 Å². The van der Waals surface area contributed by atoms with Gasteiger partial charge in [0.1, 0.15) is 11.5 Å². The number of hydrogen-bond acceptors (Lipinski definition) is 5. The van der Waals surface area contributed by atoms with Gasteiger partial charge in [-0.05, 0) is 83.5 Å². The van der Waals surface area contributed by atoms with Crippen molar-refractivity contribution < 1.29 is 9.47 Å². The quantitative estimate of drug-likeness (QED) is 0.291. The van der Waals surface area contributed by atoms with Crippen molar-refractivity contribution in [2.75, 3.05) is 14.2 Å². The number of aromatic nitrogens is 1. The number of methoxy groups -OCH3 is 2.